The van der Waals surface area contributed by atoms with Crippen molar-refractivity contribution in [3.05, 3.63) is 46.7 Å². The van der Waals surface area contributed by atoms with Crippen LogP contribution in [0.15, 0.2) is 36.1 Å². The van der Waals surface area contributed by atoms with E-state index in [1.807, 2.05) is 0 Å². The lowest BCUT2D eigenvalue weighted by Gasteiger charge is -2.32. The van der Waals surface area contributed by atoms with E-state index in [9.17, 15) is 4.79 Å². The van der Waals surface area contributed by atoms with Crippen molar-refractivity contribution in [3.8, 4) is 0 Å². The fraction of sp³-hybridized carbons (Fsp3) is 0.471. The highest BCUT2D eigenvalue weighted by atomic mass is 32.1. The molecule has 2 aliphatic heterocycles. The van der Waals surface area contributed by atoms with Crippen molar-refractivity contribution in [2.45, 2.75) is 37.6 Å². The van der Waals surface area contributed by atoms with E-state index in [4.69, 9.17) is 4.74 Å². The SMILES string of the molecule is O=C(N[C@@H]1CN(Cc2cccs2)[C@H]2CCCO[C@@H]12)c1cnccn1. The molecule has 0 aliphatic carbocycles. The summed E-state index contributed by atoms with van der Waals surface area (Å²) in [6, 6.07) is 4.60. The number of hydrogen-bond acceptors (Lipinski definition) is 6. The van der Waals surface area contributed by atoms with Crippen LogP contribution in [0.5, 0.6) is 0 Å². The molecule has 2 aliphatic rings. The van der Waals surface area contributed by atoms with E-state index in [-0.39, 0.29) is 18.1 Å². The molecular weight excluding hydrogens is 324 g/mol. The number of ether oxygens (including phenoxy) is 1. The summed E-state index contributed by atoms with van der Waals surface area (Å²) in [6.07, 6.45) is 6.84. The molecule has 0 saturated carbocycles. The van der Waals surface area contributed by atoms with Gasteiger partial charge in [0.1, 0.15) is 5.69 Å². The summed E-state index contributed by atoms with van der Waals surface area (Å²) in [7, 11) is 0. The number of fused-ring (bicyclic) bond motifs is 1. The fourth-order valence-corrected chi connectivity index (χ4v) is 4.35. The number of nitrogens with zero attached hydrogens (tertiary/aromatic N) is 3. The molecule has 0 unspecified atom stereocenters. The summed E-state index contributed by atoms with van der Waals surface area (Å²) < 4.78 is 6.01. The predicted octanol–water partition coefficient (Wildman–Crippen LogP) is 1.70. The smallest absolute Gasteiger partial charge is 0.271 e. The Kier molecular flexibility index (Phi) is 4.55. The fourth-order valence-electron chi connectivity index (χ4n) is 3.62. The van der Waals surface area contributed by atoms with Gasteiger partial charge in [0, 0.05) is 43.0 Å². The Labute approximate surface area is 144 Å². The van der Waals surface area contributed by atoms with Gasteiger partial charge in [-0.05, 0) is 24.3 Å². The molecule has 0 bridgehead atoms. The average Bonchev–Trinajstić information content (AvgIpc) is 3.25. The topological polar surface area (TPSA) is 67.4 Å². The minimum Gasteiger partial charge on any atom is -0.374 e. The highest BCUT2D eigenvalue weighted by Crippen LogP contribution is 2.31. The van der Waals surface area contributed by atoms with Crippen molar-refractivity contribution in [3.63, 3.8) is 0 Å². The molecule has 1 amide bonds. The number of aromatic nitrogens is 2. The van der Waals surface area contributed by atoms with Crippen LogP contribution in [0.1, 0.15) is 28.2 Å². The number of nitrogens with one attached hydrogen (secondary N) is 1. The summed E-state index contributed by atoms with van der Waals surface area (Å²) in [6.45, 7) is 2.49. The quantitative estimate of drug-likeness (QED) is 0.914. The number of hydrogen-bond donors (Lipinski definition) is 1. The maximum absolute atomic E-state index is 12.4. The molecular formula is C17H20N4O2S. The van der Waals surface area contributed by atoms with Gasteiger partial charge in [-0.25, -0.2) is 4.98 Å². The average molecular weight is 344 g/mol. The van der Waals surface area contributed by atoms with E-state index in [0.29, 0.717) is 11.7 Å². The van der Waals surface area contributed by atoms with Crippen LogP contribution in [0.4, 0.5) is 0 Å². The number of carbonyl (C=O) groups excluding carboxylic acids is 1. The summed E-state index contributed by atoms with van der Waals surface area (Å²) in [5.41, 5.74) is 0.349. The van der Waals surface area contributed by atoms with Gasteiger partial charge in [-0.15, -0.1) is 11.3 Å². The van der Waals surface area contributed by atoms with Crippen LogP contribution < -0.4 is 5.32 Å². The lowest BCUT2D eigenvalue weighted by atomic mass is 10.0. The predicted molar refractivity (Wildman–Crippen MR) is 90.8 cm³/mol. The molecule has 1 N–H and O–H groups in total. The van der Waals surface area contributed by atoms with Gasteiger partial charge in [-0.3, -0.25) is 14.7 Å². The van der Waals surface area contributed by atoms with Crippen LogP contribution in [-0.2, 0) is 11.3 Å². The van der Waals surface area contributed by atoms with Gasteiger partial charge < -0.3 is 10.1 Å². The Morgan fingerprint density at radius 1 is 1.46 bits per heavy atom. The van der Waals surface area contributed by atoms with Gasteiger partial charge in [-0.2, -0.15) is 0 Å². The standard InChI is InChI=1S/C17H20N4O2S/c22-17(13-9-18-5-6-19-13)20-14-11-21(10-12-3-2-8-24-12)15-4-1-7-23-16(14)15/h2-3,5-6,8-9,14-16H,1,4,7,10-11H2,(H,20,22)/t14-,15+,16+/m1/s1. The van der Waals surface area contributed by atoms with Crippen LogP contribution in [0.3, 0.4) is 0 Å². The van der Waals surface area contributed by atoms with Crippen LogP contribution in [0.2, 0.25) is 0 Å². The number of rotatable bonds is 4. The minimum atomic E-state index is -0.181. The second-order valence-corrected chi connectivity index (χ2v) is 7.26. The second-order valence-electron chi connectivity index (χ2n) is 6.22. The molecule has 24 heavy (non-hydrogen) atoms. The van der Waals surface area contributed by atoms with Crippen LogP contribution in [-0.4, -0.2) is 52.1 Å². The molecule has 2 aromatic heterocycles. The Hall–Kier alpha value is -1.83. The first-order valence-corrected chi connectivity index (χ1v) is 9.14. The van der Waals surface area contributed by atoms with Crippen molar-refractivity contribution < 1.29 is 9.53 Å². The molecule has 6 nitrogen and oxygen atoms in total. The van der Waals surface area contributed by atoms with E-state index < -0.39 is 0 Å². The van der Waals surface area contributed by atoms with Gasteiger partial charge >= 0.3 is 0 Å². The molecule has 0 aromatic carbocycles. The second kappa shape index (κ2) is 6.96. The number of thiophene rings is 1. The van der Waals surface area contributed by atoms with E-state index in [1.54, 1.807) is 17.5 Å². The van der Waals surface area contributed by atoms with Crippen molar-refractivity contribution in [1.29, 1.82) is 0 Å². The highest BCUT2D eigenvalue weighted by molar-refractivity contribution is 7.09. The zero-order chi connectivity index (χ0) is 16.4. The molecule has 0 radical (unpaired) electrons. The van der Waals surface area contributed by atoms with Crippen molar-refractivity contribution in [2.24, 2.45) is 0 Å². The summed E-state index contributed by atoms with van der Waals surface area (Å²) >= 11 is 1.77. The zero-order valence-corrected chi connectivity index (χ0v) is 14.1. The Morgan fingerprint density at radius 3 is 3.21 bits per heavy atom. The summed E-state index contributed by atoms with van der Waals surface area (Å²) in [5.74, 6) is -0.181. The lowest BCUT2D eigenvalue weighted by Crippen LogP contribution is -2.47. The van der Waals surface area contributed by atoms with E-state index in [1.165, 1.54) is 17.3 Å². The van der Waals surface area contributed by atoms with E-state index >= 15 is 0 Å². The molecule has 2 saturated heterocycles. The lowest BCUT2D eigenvalue weighted by molar-refractivity contribution is -0.0210. The highest BCUT2D eigenvalue weighted by Gasteiger charge is 2.44. The molecule has 2 fully saturated rings. The summed E-state index contributed by atoms with van der Waals surface area (Å²) in [4.78, 5) is 24.2. The molecule has 3 atom stereocenters. The third-order valence-electron chi connectivity index (χ3n) is 4.68. The molecule has 4 rings (SSSR count). The third kappa shape index (κ3) is 3.19. The molecule has 7 heteroatoms. The van der Waals surface area contributed by atoms with Crippen LogP contribution in [0.25, 0.3) is 0 Å². The van der Waals surface area contributed by atoms with Crippen LogP contribution in [0, 0.1) is 0 Å². The zero-order valence-electron chi connectivity index (χ0n) is 13.3. The molecule has 2 aromatic rings. The molecule has 4 heterocycles. The van der Waals surface area contributed by atoms with E-state index in [2.05, 4.69) is 37.7 Å². The maximum Gasteiger partial charge on any atom is 0.271 e. The Bertz CT molecular complexity index is 679. The van der Waals surface area contributed by atoms with Gasteiger partial charge in [0.2, 0.25) is 0 Å². The van der Waals surface area contributed by atoms with Gasteiger partial charge in [-0.1, -0.05) is 6.07 Å². The largest absolute Gasteiger partial charge is 0.374 e. The third-order valence-corrected chi connectivity index (χ3v) is 5.54. The Balaban J connectivity index is 1.47. The van der Waals surface area contributed by atoms with Crippen molar-refractivity contribution >= 4 is 17.2 Å². The number of carbonyl (C=O) groups is 1. The maximum atomic E-state index is 12.4. The number of likely N-dealkylation sites (tertiary alicyclic amines) is 1. The Morgan fingerprint density at radius 2 is 2.42 bits per heavy atom. The van der Waals surface area contributed by atoms with Gasteiger partial charge in [0.05, 0.1) is 18.3 Å². The van der Waals surface area contributed by atoms with Crippen LogP contribution >= 0.6 is 11.3 Å². The normalized spacial score (nSPS) is 26.9. The monoisotopic (exact) mass is 344 g/mol. The molecule has 0 spiro atoms. The minimum absolute atomic E-state index is 0.00947. The van der Waals surface area contributed by atoms with Crippen molar-refractivity contribution in [2.75, 3.05) is 13.2 Å². The number of amides is 1. The summed E-state index contributed by atoms with van der Waals surface area (Å²) in [5, 5.41) is 5.20. The first-order valence-electron chi connectivity index (χ1n) is 8.26. The van der Waals surface area contributed by atoms with E-state index in [0.717, 1.165) is 32.5 Å². The van der Waals surface area contributed by atoms with Gasteiger partial charge in [0.25, 0.3) is 5.91 Å². The first-order chi connectivity index (χ1) is 11.8. The van der Waals surface area contributed by atoms with Gasteiger partial charge in [0.15, 0.2) is 0 Å². The first kappa shape index (κ1) is 15.7. The molecule has 126 valence electrons. The van der Waals surface area contributed by atoms with Crippen molar-refractivity contribution in [1.82, 2.24) is 20.2 Å².